The van der Waals surface area contributed by atoms with Crippen molar-refractivity contribution in [3.05, 3.63) is 114 Å². The third kappa shape index (κ3) is 6.12. The van der Waals surface area contributed by atoms with Gasteiger partial charge in [0.25, 0.3) is 10.0 Å². The Hall–Kier alpha value is -3.55. The lowest BCUT2D eigenvalue weighted by atomic mass is 10.2. The quantitative estimate of drug-likeness (QED) is 0.308. The highest BCUT2D eigenvalue weighted by Crippen LogP contribution is 2.33. The van der Waals surface area contributed by atoms with Crippen molar-refractivity contribution in [2.45, 2.75) is 28.5 Å². The molecule has 0 aliphatic carbocycles. The van der Waals surface area contributed by atoms with Crippen molar-refractivity contribution in [3.63, 3.8) is 0 Å². The molecule has 0 saturated heterocycles. The van der Waals surface area contributed by atoms with Crippen LogP contribution in [0.25, 0.3) is 0 Å². The molecule has 0 aromatic heterocycles. The fraction of sp³-hybridized carbons (Fsp3) is 0.107. The maximum Gasteiger partial charge on any atom is 0.264 e. The first kappa shape index (κ1) is 24.6. The van der Waals surface area contributed by atoms with Gasteiger partial charge in [-0.15, -0.1) is 0 Å². The first-order valence-corrected chi connectivity index (χ1v) is 13.4. The molecule has 35 heavy (non-hydrogen) atoms. The van der Waals surface area contributed by atoms with E-state index in [0.717, 1.165) is 25.2 Å². The molecule has 0 aliphatic heterocycles. The summed E-state index contributed by atoms with van der Waals surface area (Å²) in [6.45, 7) is 3.47. The van der Waals surface area contributed by atoms with Crippen molar-refractivity contribution in [3.8, 4) is 0 Å². The van der Waals surface area contributed by atoms with Gasteiger partial charge < -0.3 is 5.32 Å². The minimum Gasteiger partial charge on any atom is -0.323 e. The summed E-state index contributed by atoms with van der Waals surface area (Å²) in [5, 5.41) is 2.91. The van der Waals surface area contributed by atoms with Gasteiger partial charge in [0.1, 0.15) is 6.54 Å². The van der Waals surface area contributed by atoms with E-state index in [-0.39, 0.29) is 11.4 Å². The highest BCUT2D eigenvalue weighted by atomic mass is 32.2. The second-order valence-corrected chi connectivity index (χ2v) is 11.1. The van der Waals surface area contributed by atoms with Gasteiger partial charge in [-0.3, -0.25) is 9.10 Å². The summed E-state index contributed by atoms with van der Waals surface area (Å²) in [4.78, 5) is 15.2. The van der Waals surface area contributed by atoms with Crippen LogP contribution in [-0.4, -0.2) is 20.9 Å². The third-order valence-electron chi connectivity index (χ3n) is 5.35. The van der Waals surface area contributed by atoms with Gasteiger partial charge in [0.05, 0.1) is 16.3 Å². The number of hydrogen-bond acceptors (Lipinski definition) is 4. The van der Waals surface area contributed by atoms with Crippen LogP contribution in [0.4, 0.5) is 11.4 Å². The molecule has 5 nitrogen and oxygen atoms in total. The van der Waals surface area contributed by atoms with E-state index in [1.54, 1.807) is 36.4 Å². The minimum absolute atomic E-state index is 0.136. The Balaban J connectivity index is 1.61. The molecule has 4 aromatic carbocycles. The van der Waals surface area contributed by atoms with Crippen molar-refractivity contribution < 1.29 is 13.2 Å². The number of aryl methyl sites for hydroxylation is 2. The van der Waals surface area contributed by atoms with Gasteiger partial charge in [0.2, 0.25) is 5.91 Å². The lowest BCUT2D eigenvalue weighted by molar-refractivity contribution is -0.114. The molecule has 1 N–H and O–H groups in total. The number of anilines is 2. The van der Waals surface area contributed by atoms with Crippen molar-refractivity contribution in [2.75, 3.05) is 16.2 Å². The molecule has 4 rings (SSSR count). The maximum absolute atomic E-state index is 13.6. The predicted molar refractivity (Wildman–Crippen MR) is 143 cm³/mol. The maximum atomic E-state index is 13.6. The zero-order valence-electron chi connectivity index (χ0n) is 19.5. The van der Waals surface area contributed by atoms with Gasteiger partial charge in [-0.05, 0) is 62.4 Å². The predicted octanol–water partition coefficient (Wildman–Crippen LogP) is 6.29. The molecule has 0 radical (unpaired) electrons. The summed E-state index contributed by atoms with van der Waals surface area (Å²) in [5.74, 6) is -0.428. The molecule has 0 bridgehead atoms. The van der Waals surface area contributed by atoms with Gasteiger partial charge in [0.15, 0.2) is 0 Å². The highest BCUT2D eigenvalue weighted by Gasteiger charge is 2.27. The van der Waals surface area contributed by atoms with E-state index in [1.807, 2.05) is 80.6 Å². The van der Waals surface area contributed by atoms with Crippen molar-refractivity contribution in [2.24, 2.45) is 0 Å². The zero-order chi connectivity index (χ0) is 24.8. The smallest absolute Gasteiger partial charge is 0.264 e. The number of rotatable bonds is 8. The topological polar surface area (TPSA) is 66.5 Å². The van der Waals surface area contributed by atoms with Crippen LogP contribution in [0.1, 0.15) is 11.1 Å². The Kier molecular flexibility index (Phi) is 7.58. The fourth-order valence-corrected chi connectivity index (χ4v) is 5.80. The SMILES string of the molecule is Cc1ccc(N(CC(=O)Nc2ccccc2Sc2ccccc2)S(=O)(=O)c2ccc(C)cc2)cc1. The molecule has 0 unspecified atom stereocenters. The number of nitrogens with one attached hydrogen (secondary N) is 1. The largest absolute Gasteiger partial charge is 0.323 e. The van der Waals surface area contributed by atoms with Crippen molar-refractivity contribution in [1.82, 2.24) is 0 Å². The van der Waals surface area contributed by atoms with Crippen LogP contribution in [0.2, 0.25) is 0 Å². The standard InChI is InChI=1S/C28H26N2O3S2/c1-21-12-16-23(17-13-21)30(35(32,33)25-18-14-22(2)15-19-25)20-28(31)29-26-10-6-7-11-27(26)34-24-8-4-3-5-9-24/h3-19H,20H2,1-2H3,(H,29,31). The van der Waals surface area contributed by atoms with Gasteiger partial charge in [-0.2, -0.15) is 0 Å². The van der Waals surface area contributed by atoms with E-state index in [4.69, 9.17) is 0 Å². The van der Waals surface area contributed by atoms with Crippen molar-refractivity contribution in [1.29, 1.82) is 0 Å². The molecule has 4 aromatic rings. The van der Waals surface area contributed by atoms with Crippen LogP contribution in [-0.2, 0) is 14.8 Å². The van der Waals surface area contributed by atoms with Crippen molar-refractivity contribution >= 4 is 39.1 Å². The number of hydrogen-bond donors (Lipinski definition) is 1. The minimum atomic E-state index is -3.96. The fourth-order valence-electron chi connectivity index (χ4n) is 3.46. The monoisotopic (exact) mass is 502 g/mol. The summed E-state index contributed by atoms with van der Waals surface area (Å²) in [6.07, 6.45) is 0. The molecule has 0 atom stereocenters. The Labute approximate surface area is 210 Å². The molecule has 0 fully saturated rings. The summed E-state index contributed by atoms with van der Waals surface area (Å²) >= 11 is 1.53. The Morgan fingerprint density at radius 2 is 1.34 bits per heavy atom. The summed E-state index contributed by atoms with van der Waals surface area (Å²) in [5.41, 5.74) is 3.01. The number of amides is 1. The Bertz CT molecular complexity index is 1400. The van der Waals surface area contributed by atoms with Crippen LogP contribution in [0.3, 0.4) is 0 Å². The van der Waals surface area contributed by atoms with Crippen LogP contribution in [0, 0.1) is 13.8 Å². The van der Waals surface area contributed by atoms with Crippen LogP contribution in [0.15, 0.2) is 118 Å². The zero-order valence-corrected chi connectivity index (χ0v) is 21.1. The molecule has 0 heterocycles. The number of sulfonamides is 1. The average Bonchev–Trinajstić information content (AvgIpc) is 2.85. The van der Waals surface area contributed by atoms with Crippen LogP contribution in [0.5, 0.6) is 0 Å². The molecule has 1 amide bonds. The van der Waals surface area contributed by atoms with Gasteiger partial charge in [0, 0.05) is 9.79 Å². The second kappa shape index (κ2) is 10.8. The first-order valence-electron chi connectivity index (χ1n) is 11.1. The number of para-hydroxylation sites is 1. The van der Waals surface area contributed by atoms with E-state index in [0.29, 0.717) is 11.4 Å². The van der Waals surface area contributed by atoms with E-state index in [2.05, 4.69) is 5.32 Å². The lowest BCUT2D eigenvalue weighted by Crippen LogP contribution is -2.38. The van der Waals surface area contributed by atoms with E-state index < -0.39 is 15.9 Å². The van der Waals surface area contributed by atoms with Gasteiger partial charge >= 0.3 is 0 Å². The molecule has 178 valence electrons. The average molecular weight is 503 g/mol. The normalized spacial score (nSPS) is 11.1. The second-order valence-electron chi connectivity index (χ2n) is 8.12. The molecule has 0 saturated carbocycles. The summed E-state index contributed by atoms with van der Waals surface area (Å²) in [6, 6.07) is 31.1. The van der Waals surface area contributed by atoms with E-state index in [1.165, 1.54) is 11.8 Å². The lowest BCUT2D eigenvalue weighted by Gasteiger charge is -2.24. The molecular formula is C28H26N2O3S2. The molecule has 0 spiro atoms. The van der Waals surface area contributed by atoms with Crippen LogP contribution < -0.4 is 9.62 Å². The third-order valence-corrected chi connectivity index (χ3v) is 8.22. The molecule has 7 heteroatoms. The molecular weight excluding hydrogens is 476 g/mol. The Morgan fingerprint density at radius 1 is 0.771 bits per heavy atom. The Morgan fingerprint density at radius 3 is 2.00 bits per heavy atom. The van der Waals surface area contributed by atoms with E-state index in [9.17, 15) is 13.2 Å². The molecule has 0 aliphatic rings. The van der Waals surface area contributed by atoms with E-state index >= 15 is 0 Å². The number of nitrogens with zero attached hydrogens (tertiary/aromatic N) is 1. The number of carbonyl (C=O) groups is 1. The van der Waals surface area contributed by atoms with Crippen LogP contribution >= 0.6 is 11.8 Å². The van der Waals surface area contributed by atoms with Gasteiger partial charge in [-0.1, -0.05) is 77.5 Å². The highest BCUT2D eigenvalue weighted by molar-refractivity contribution is 7.99. The number of carbonyl (C=O) groups excluding carboxylic acids is 1. The first-order chi connectivity index (χ1) is 16.8. The summed E-state index contributed by atoms with van der Waals surface area (Å²) < 4.78 is 28.3. The van der Waals surface area contributed by atoms with Gasteiger partial charge in [-0.25, -0.2) is 8.42 Å². The number of benzene rings is 4. The summed E-state index contributed by atoms with van der Waals surface area (Å²) in [7, 11) is -3.96.